The maximum absolute atomic E-state index is 11.7. The minimum Gasteiger partial charge on any atom is -0.444 e. The zero-order chi connectivity index (χ0) is 15.9. The molecule has 23 heavy (non-hydrogen) atoms. The standard InChI is InChI=1S/C14H12N6O2S/c21-14(22-9-10-2-1-7-15-8-10)16-11-3-5-12(6-4-11)23-13-17-19-20-18-13/h1-8H,9H2,(H,16,21)(H,17,18,19,20). The van der Waals surface area contributed by atoms with Crippen molar-refractivity contribution in [2.24, 2.45) is 0 Å². The minimum atomic E-state index is -0.521. The highest BCUT2D eigenvalue weighted by atomic mass is 32.2. The summed E-state index contributed by atoms with van der Waals surface area (Å²) < 4.78 is 5.12. The van der Waals surface area contributed by atoms with Gasteiger partial charge in [-0.05, 0) is 47.3 Å². The summed E-state index contributed by atoms with van der Waals surface area (Å²) in [6, 6.07) is 10.9. The number of carbonyl (C=O) groups excluding carboxylic acids is 1. The molecule has 0 aliphatic rings. The van der Waals surface area contributed by atoms with Gasteiger partial charge >= 0.3 is 6.09 Å². The molecule has 0 atom stereocenters. The average Bonchev–Trinajstić information content (AvgIpc) is 3.09. The number of anilines is 1. The fourth-order valence-corrected chi connectivity index (χ4v) is 2.35. The second-order valence-corrected chi connectivity index (χ2v) is 5.42. The maximum atomic E-state index is 11.7. The number of nitrogens with one attached hydrogen (secondary N) is 2. The number of aromatic amines is 1. The summed E-state index contributed by atoms with van der Waals surface area (Å²) in [6.45, 7) is 0.172. The van der Waals surface area contributed by atoms with Gasteiger partial charge in [0.25, 0.3) is 0 Å². The minimum absolute atomic E-state index is 0.172. The molecule has 0 spiro atoms. The van der Waals surface area contributed by atoms with Crippen molar-refractivity contribution in [1.82, 2.24) is 25.6 Å². The lowest BCUT2D eigenvalue weighted by molar-refractivity contribution is 0.155. The summed E-state index contributed by atoms with van der Waals surface area (Å²) in [6.07, 6.45) is 2.79. The van der Waals surface area contributed by atoms with E-state index in [1.54, 1.807) is 30.6 Å². The van der Waals surface area contributed by atoms with E-state index in [0.717, 1.165) is 10.5 Å². The average molecular weight is 328 g/mol. The van der Waals surface area contributed by atoms with Gasteiger partial charge in [0, 0.05) is 28.5 Å². The second-order valence-electron chi connectivity index (χ2n) is 4.38. The summed E-state index contributed by atoms with van der Waals surface area (Å²) >= 11 is 1.36. The molecule has 9 heteroatoms. The molecule has 0 saturated heterocycles. The number of tetrazole rings is 1. The molecule has 0 saturated carbocycles. The Bertz CT molecular complexity index is 749. The Morgan fingerprint density at radius 3 is 2.83 bits per heavy atom. The third kappa shape index (κ3) is 4.51. The molecule has 3 rings (SSSR count). The van der Waals surface area contributed by atoms with Gasteiger partial charge in [-0.2, -0.15) is 5.21 Å². The summed E-state index contributed by atoms with van der Waals surface area (Å²) in [5, 5.41) is 16.8. The third-order valence-corrected chi connectivity index (χ3v) is 3.59. The topological polar surface area (TPSA) is 106 Å². The fraction of sp³-hybridized carbons (Fsp3) is 0.0714. The van der Waals surface area contributed by atoms with Crippen LogP contribution < -0.4 is 5.32 Å². The van der Waals surface area contributed by atoms with Gasteiger partial charge in [0.15, 0.2) is 0 Å². The zero-order valence-electron chi connectivity index (χ0n) is 11.8. The lowest BCUT2D eigenvalue weighted by atomic mass is 10.3. The van der Waals surface area contributed by atoms with Gasteiger partial charge in [-0.3, -0.25) is 10.3 Å². The number of ether oxygens (including phenoxy) is 1. The van der Waals surface area contributed by atoms with Crippen LogP contribution in [0.2, 0.25) is 0 Å². The Morgan fingerprint density at radius 2 is 2.13 bits per heavy atom. The van der Waals surface area contributed by atoms with Gasteiger partial charge in [0.1, 0.15) is 6.61 Å². The van der Waals surface area contributed by atoms with Crippen molar-refractivity contribution in [1.29, 1.82) is 0 Å². The van der Waals surface area contributed by atoms with Crippen molar-refractivity contribution >= 4 is 23.5 Å². The highest BCUT2D eigenvalue weighted by molar-refractivity contribution is 7.99. The number of pyridine rings is 1. The van der Waals surface area contributed by atoms with Crippen LogP contribution in [0.15, 0.2) is 58.8 Å². The van der Waals surface area contributed by atoms with Crippen LogP contribution >= 0.6 is 11.8 Å². The van der Waals surface area contributed by atoms with Crippen LogP contribution in [-0.4, -0.2) is 31.7 Å². The maximum Gasteiger partial charge on any atom is 0.411 e. The highest BCUT2D eigenvalue weighted by Crippen LogP contribution is 2.24. The van der Waals surface area contributed by atoms with Crippen LogP contribution in [0.25, 0.3) is 0 Å². The van der Waals surface area contributed by atoms with E-state index in [2.05, 4.69) is 30.9 Å². The van der Waals surface area contributed by atoms with Crippen molar-refractivity contribution in [3.05, 3.63) is 54.4 Å². The molecule has 0 aliphatic carbocycles. The molecule has 8 nitrogen and oxygen atoms in total. The molecule has 2 heterocycles. The molecule has 0 aliphatic heterocycles. The Balaban J connectivity index is 1.50. The van der Waals surface area contributed by atoms with E-state index in [9.17, 15) is 4.79 Å². The van der Waals surface area contributed by atoms with Gasteiger partial charge in [-0.15, -0.1) is 10.2 Å². The number of rotatable bonds is 5. The van der Waals surface area contributed by atoms with Crippen molar-refractivity contribution in [3.63, 3.8) is 0 Å². The number of amides is 1. The Kier molecular flexibility index (Phi) is 4.79. The van der Waals surface area contributed by atoms with Gasteiger partial charge in [-0.25, -0.2) is 4.79 Å². The van der Waals surface area contributed by atoms with E-state index in [0.29, 0.717) is 10.8 Å². The number of carbonyl (C=O) groups is 1. The largest absolute Gasteiger partial charge is 0.444 e. The van der Waals surface area contributed by atoms with E-state index < -0.39 is 6.09 Å². The normalized spacial score (nSPS) is 10.3. The number of hydrogen-bond acceptors (Lipinski definition) is 7. The predicted octanol–water partition coefficient (Wildman–Crippen LogP) is 2.49. The van der Waals surface area contributed by atoms with Gasteiger partial charge < -0.3 is 4.74 Å². The molecule has 0 unspecified atom stereocenters. The SMILES string of the molecule is O=C(Nc1ccc(Sc2nn[nH]n2)cc1)OCc1cccnc1. The van der Waals surface area contributed by atoms with Crippen LogP contribution in [0, 0.1) is 0 Å². The van der Waals surface area contributed by atoms with Crippen molar-refractivity contribution in [3.8, 4) is 0 Å². The predicted molar refractivity (Wildman–Crippen MR) is 82.8 cm³/mol. The summed E-state index contributed by atoms with van der Waals surface area (Å²) in [5.74, 6) is 0. The monoisotopic (exact) mass is 328 g/mol. The lowest BCUT2D eigenvalue weighted by Gasteiger charge is -2.07. The van der Waals surface area contributed by atoms with Crippen LogP contribution in [-0.2, 0) is 11.3 Å². The molecule has 0 radical (unpaired) electrons. The first kappa shape index (κ1) is 15.0. The summed E-state index contributed by atoms with van der Waals surface area (Å²) in [5.41, 5.74) is 1.47. The number of H-pyrrole nitrogens is 1. The van der Waals surface area contributed by atoms with Crippen LogP contribution in [0.5, 0.6) is 0 Å². The second kappa shape index (κ2) is 7.36. The molecule has 0 fully saturated rings. The van der Waals surface area contributed by atoms with E-state index in [1.807, 2.05) is 18.2 Å². The number of nitrogens with zero attached hydrogens (tertiary/aromatic N) is 4. The number of hydrogen-bond donors (Lipinski definition) is 2. The highest BCUT2D eigenvalue weighted by Gasteiger charge is 2.05. The number of benzene rings is 1. The lowest BCUT2D eigenvalue weighted by Crippen LogP contribution is -2.13. The first-order valence-electron chi connectivity index (χ1n) is 6.63. The molecule has 3 aromatic rings. The van der Waals surface area contributed by atoms with Crippen molar-refractivity contribution < 1.29 is 9.53 Å². The smallest absolute Gasteiger partial charge is 0.411 e. The van der Waals surface area contributed by atoms with Crippen LogP contribution in [0.1, 0.15) is 5.56 Å². The van der Waals surface area contributed by atoms with Crippen molar-refractivity contribution in [2.45, 2.75) is 16.7 Å². The molecule has 116 valence electrons. The first-order valence-corrected chi connectivity index (χ1v) is 7.45. The van der Waals surface area contributed by atoms with Crippen LogP contribution in [0.3, 0.4) is 0 Å². The van der Waals surface area contributed by atoms with Gasteiger partial charge in [0.2, 0.25) is 5.16 Å². The first-order chi connectivity index (χ1) is 11.3. The van der Waals surface area contributed by atoms with Gasteiger partial charge in [0.05, 0.1) is 0 Å². The van der Waals surface area contributed by atoms with Crippen molar-refractivity contribution in [2.75, 3.05) is 5.32 Å². The Morgan fingerprint density at radius 1 is 1.26 bits per heavy atom. The van der Waals surface area contributed by atoms with E-state index in [4.69, 9.17) is 4.74 Å². The summed E-state index contributed by atoms with van der Waals surface area (Å²) in [4.78, 5) is 16.6. The summed E-state index contributed by atoms with van der Waals surface area (Å²) in [7, 11) is 0. The fourth-order valence-electron chi connectivity index (χ4n) is 1.69. The van der Waals surface area contributed by atoms with Crippen LogP contribution in [0.4, 0.5) is 10.5 Å². The molecule has 0 bridgehead atoms. The van der Waals surface area contributed by atoms with E-state index in [1.165, 1.54) is 11.8 Å². The quantitative estimate of drug-likeness (QED) is 0.741. The van der Waals surface area contributed by atoms with E-state index >= 15 is 0 Å². The molecule has 1 amide bonds. The molecular weight excluding hydrogens is 316 g/mol. The molecular formula is C14H12N6O2S. The number of aromatic nitrogens is 5. The Labute approximate surface area is 135 Å². The molecule has 2 N–H and O–H groups in total. The zero-order valence-corrected chi connectivity index (χ0v) is 12.7. The van der Waals surface area contributed by atoms with E-state index in [-0.39, 0.29) is 6.61 Å². The molecule has 2 aromatic heterocycles. The van der Waals surface area contributed by atoms with Gasteiger partial charge in [-0.1, -0.05) is 6.07 Å². The Hall–Kier alpha value is -2.94. The third-order valence-electron chi connectivity index (χ3n) is 2.73. The molecule has 1 aromatic carbocycles.